The molecule has 0 radical (unpaired) electrons. The zero-order chi connectivity index (χ0) is 19.0. The van der Waals surface area contributed by atoms with E-state index in [-0.39, 0.29) is 5.91 Å². The minimum absolute atomic E-state index is 0.156. The summed E-state index contributed by atoms with van der Waals surface area (Å²) in [6, 6.07) is 18.0. The van der Waals surface area contributed by atoms with E-state index in [1.807, 2.05) is 49.4 Å². The summed E-state index contributed by atoms with van der Waals surface area (Å²) in [5, 5.41) is 13.1. The number of nitrogens with zero attached hydrogens (tertiary/aromatic N) is 2. The predicted octanol–water partition coefficient (Wildman–Crippen LogP) is 4.36. The summed E-state index contributed by atoms with van der Waals surface area (Å²) >= 11 is 6.38. The fourth-order valence-corrected chi connectivity index (χ4v) is 4.36. The van der Waals surface area contributed by atoms with Gasteiger partial charge in [0.2, 0.25) is 0 Å². The van der Waals surface area contributed by atoms with Gasteiger partial charge in [0.15, 0.2) is 0 Å². The number of carbonyl (C=O) groups is 1. The summed E-state index contributed by atoms with van der Waals surface area (Å²) in [6.45, 7) is 2.63. The Morgan fingerprint density at radius 1 is 1.22 bits per heavy atom. The zero-order valence-corrected chi connectivity index (χ0v) is 16.2. The van der Waals surface area contributed by atoms with Gasteiger partial charge in [-0.1, -0.05) is 60.4 Å². The summed E-state index contributed by atoms with van der Waals surface area (Å²) in [7, 11) is 0. The standard InChI is InChI=1S/C21H15N3OS2/c1-13-17(10-19-20(25)23-21(26)27-19)16-8-4-5-9-18(16)24(13)12-15-7-3-2-6-14(15)11-22/h2-10H,12H2,1H3,(H,23,25,26)/b19-10+. The molecule has 0 bridgehead atoms. The first kappa shape index (κ1) is 17.5. The highest BCUT2D eigenvalue weighted by molar-refractivity contribution is 8.26. The Balaban J connectivity index is 1.87. The first-order chi connectivity index (χ1) is 13.1. The molecule has 1 aliphatic rings. The number of amides is 1. The van der Waals surface area contributed by atoms with Crippen LogP contribution >= 0.6 is 24.0 Å². The van der Waals surface area contributed by atoms with Crippen molar-refractivity contribution < 1.29 is 4.79 Å². The zero-order valence-electron chi connectivity index (χ0n) is 14.5. The third-order valence-corrected chi connectivity index (χ3v) is 5.83. The van der Waals surface area contributed by atoms with Gasteiger partial charge < -0.3 is 9.88 Å². The molecule has 0 unspecified atom stereocenters. The van der Waals surface area contributed by atoms with Gasteiger partial charge in [-0.05, 0) is 30.7 Å². The fourth-order valence-electron chi connectivity index (χ4n) is 3.33. The van der Waals surface area contributed by atoms with Gasteiger partial charge in [0, 0.05) is 28.7 Å². The van der Waals surface area contributed by atoms with E-state index in [0.717, 1.165) is 27.7 Å². The highest BCUT2D eigenvalue weighted by atomic mass is 32.2. The number of rotatable bonds is 3. The summed E-state index contributed by atoms with van der Waals surface area (Å²) in [6.07, 6.45) is 1.91. The topological polar surface area (TPSA) is 57.8 Å². The van der Waals surface area contributed by atoms with Gasteiger partial charge in [-0.25, -0.2) is 0 Å². The van der Waals surface area contributed by atoms with Crippen LogP contribution in [0.4, 0.5) is 0 Å². The number of aromatic nitrogens is 1. The van der Waals surface area contributed by atoms with Crippen molar-refractivity contribution in [3.8, 4) is 6.07 Å². The van der Waals surface area contributed by atoms with E-state index in [4.69, 9.17) is 12.2 Å². The molecular formula is C21H15N3OS2. The maximum Gasteiger partial charge on any atom is 0.263 e. The van der Waals surface area contributed by atoms with Crippen molar-refractivity contribution in [2.45, 2.75) is 13.5 Å². The van der Waals surface area contributed by atoms with Crippen molar-refractivity contribution in [2.75, 3.05) is 0 Å². The number of thioether (sulfide) groups is 1. The smallest absolute Gasteiger partial charge is 0.263 e. The molecular weight excluding hydrogens is 374 g/mol. The molecule has 27 heavy (non-hydrogen) atoms. The van der Waals surface area contributed by atoms with Gasteiger partial charge >= 0.3 is 0 Å². The lowest BCUT2D eigenvalue weighted by atomic mass is 10.1. The van der Waals surface area contributed by atoms with Crippen LogP contribution in [0.5, 0.6) is 0 Å². The van der Waals surface area contributed by atoms with Crippen molar-refractivity contribution >= 4 is 51.2 Å². The van der Waals surface area contributed by atoms with Gasteiger partial charge in [0.25, 0.3) is 5.91 Å². The van der Waals surface area contributed by atoms with E-state index in [1.165, 1.54) is 11.8 Å². The number of hydrogen-bond acceptors (Lipinski definition) is 4. The maximum absolute atomic E-state index is 12.1. The number of para-hydroxylation sites is 1. The summed E-state index contributed by atoms with van der Waals surface area (Å²) < 4.78 is 2.67. The largest absolute Gasteiger partial charge is 0.340 e. The third kappa shape index (κ3) is 3.16. The quantitative estimate of drug-likeness (QED) is 0.534. The molecule has 0 spiro atoms. The molecule has 1 fully saturated rings. The Hall–Kier alpha value is -2.88. The minimum Gasteiger partial charge on any atom is -0.340 e. The van der Waals surface area contributed by atoms with Crippen molar-refractivity contribution in [3.05, 3.63) is 75.8 Å². The number of fused-ring (bicyclic) bond motifs is 1. The number of nitrogens with one attached hydrogen (secondary N) is 1. The average molecular weight is 390 g/mol. The maximum atomic E-state index is 12.1. The van der Waals surface area contributed by atoms with Crippen LogP contribution in [0.1, 0.15) is 22.4 Å². The van der Waals surface area contributed by atoms with Gasteiger partial charge in [-0.2, -0.15) is 5.26 Å². The molecule has 0 atom stereocenters. The van der Waals surface area contributed by atoms with E-state index in [2.05, 4.69) is 28.1 Å². The Kier molecular flexibility index (Phi) is 4.56. The van der Waals surface area contributed by atoms with Crippen molar-refractivity contribution in [2.24, 2.45) is 0 Å². The summed E-state index contributed by atoms with van der Waals surface area (Å²) in [5.41, 5.74) is 4.76. The van der Waals surface area contributed by atoms with Crippen LogP contribution in [0.25, 0.3) is 17.0 Å². The van der Waals surface area contributed by atoms with E-state index < -0.39 is 0 Å². The number of hydrogen-bond donors (Lipinski definition) is 1. The Morgan fingerprint density at radius 3 is 2.70 bits per heavy atom. The van der Waals surface area contributed by atoms with Crippen LogP contribution < -0.4 is 5.32 Å². The lowest BCUT2D eigenvalue weighted by molar-refractivity contribution is -0.115. The Labute approximate surface area is 166 Å². The van der Waals surface area contributed by atoms with Gasteiger partial charge in [0.05, 0.1) is 16.5 Å². The van der Waals surface area contributed by atoms with E-state index >= 15 is 0 Å². The first-order valence-electron chi connectivity index (χ1n) is 8.39. The van der Waals surface area contributed by atoms with E-state index in [0.29, 0.717) is 21.3 Å². The molecule has 3 aromatic rings. The molecule has 0 aliphatic carbocycles. The normalized spacial score (nSPS) is 15.3. The SMILES string of the molecule is Cc1c(/C=C2/SC(=S)NC2=O)c2ccccc2n1Cc1ccccc1C#N. The molecule has 0 saturated carbocycles. The Morgan fingerprint density at radius 2 is 1.96 bits per heavy atom. The number of nitriles is 1. The molecule has 1 aromatic heterocycles. The lowest BCUT2D eigenvalue weighted by Gasteiger charge is -2.10. The summed E-state index contributed by atoms with van der Waals surface area (Å²) in [4.78, 5) is 12.7. The number of carbonyl (C=O) groups excluding carboxylic acids is 1. The van der Waals surface area contributed by atoms with Crippen LogP contribution in [-0.4, -0.2) is 14.8 Å². The molecule has 2 heterocycles. The molecule has 1 amide bonds. The number of thiocarbonyl (C=S) groups is 1. The Bertz CT molecular complexity index is 1170. The minimum atomic E-state index is -0.156. The van der Waals surface area contributed by atoms with Crippen molar-refractivity contribution in [3.63, 3.8) is 0 Å². The first-order valence-corrected chi connectivity index (χ1v) is 9.61. The molecule has 4 rings (SSSR count). The van der Waals surface area contributed by atoms with Crippen LogP contribution in [0.15, 0.2) is 53.4 Å². The molecule has 1 aliphatic heterocycles. The monoisotopic (exact) mass is 389 g/mol. The predicted molar refractivity (Wildman–Crippen MR) is 113 cm³/mol. The van der Waals surface area contributed by atoms with Crippen LogP contribution in [0, 0.1) is 18.3 Å². The van der Waals surface area contributed by atoms with E-state index in [1.54, 1.807) is 0 Å². The molecule has 1 saturated heterocycles. The van der Waals surface area contributed by atoms with Gasteiger partial charge in [-0.15, -0.1) is 0 Å². The third-order valence-electron chi connectivity index (χ3n) is 4.66. The second kappa shape index (κ2) is 7.03. The van der Waals surface area contributed by atoms with Crippen molar-refractivity contribution in [1.82, 2.24) is 9.88 Å². The highest BCUT2D eigenvalue weighted by Gasteiger charge is 2.23. The average Bonchev–Trinajstić information content (AvgIpc) is 3.13. The lowest BCUT2D eigenvalue weighted by Crippen LogP contribution is -2.17. The fraction of sp³-hybridized carbons (Fsp3) is 0.0952. The van der Waals surface area contributed by atoms with Crippen LogP contribution in [0.3, 0.4) is 0 Å². The molecule has 6 heteroatoms. The summed E-state index contributed by atoms with van der Waals surface area (Å²) in [5.74, 6) is -0.156. The van der Waals surface area contributed by atoms with Crippen LogP contribution in [0.2, 0.25) is 0 Å². The molecule has 132 valence electrons. The molecule has 2 aromatic carbocycles. The second-order valence-electron chi connectivity index (χ2n) is 6.22. The second-order valence-corrected chi connectivity index (χ2v) is 7.94. The molecule has 4 nitrogen and oxygen atoms in total. The highest BCUT2D eigenvalue weighted by Crippen LogP contribution is 2.33. The van der Waals surface area contributed by atoms with Crippen LogP contribution in [-0.2, 0) is 11.3 Å². The molecule has 1 N–H and O–H groups in total. The van der Waals surface area contributed by atoms with E-state index in [9.17, 15) is 10.1 Å². The van der Waals surface area contributed by atoms with Gasteiger partial charge in [0.1, 0.15) is 4.32 Å². The van der Waals surface area contributed by atoms with Crippen molar-refractivity contribution in [1.29, 1.82) is 5.26 Å². The number of benzene rings is 2. The van der Waals surface area contributed by atoms with Gasteiger partial charge in [-0.3, -0.25) is 4.79 Å².